The zero-order valence-electron chi connectivity index (χ0n) is 23.5. The summed E-state index contributed by atoms with van der Waals surface area (Å²) >= 11 is 0.750. The van der Waals surface area contributed by atoms with Crippen molar-refractivity contribution in [2.45, 2.75) is 150 Å². The van der Waals surface area contributed by atoms with Gasteiger partial charge in [0.2, 0.25) is 0 Å². The maximum absolute atomic E-state index is 10.3. The van der Waals surface area contributed by atoms with Crippen molar-refractivity contribution in [3.8, 4) is 5.75 Å². The normalized spacial score (nSPS) is 9.94. The number of unbranched alkanes of at least 4 members (excludes halogenated alkanes) is 12. The molecular weight excluding hydrogens is 456 g/mol. The molecule has 0 radical (unpaired) electrons. The van der Waals surface area contributed by atoms with Gasteiger partial charge in [0, 0.05) is 6.10 Å². The summed E-state index contributed by atoms with van der Waals surface area (Å²) in [6, 6.07) is 6.11. The van der Waals surface area contributed by atoms with Crippen LogP contribution >= 0.6 is 0 Å². The first kappa shape index (κ1) is 38.0. The first-order valence-electron chi connectivity index (χ1n) is 13.9. The van der Waals surface area contributed by atoms with E-state index in [1.54, 1.807) is 13.8 Å². The second-order valence-electron chi connectivity index (χ2n) is 9.33. The van der Waals surface area contributed by atoms with Crippen LogP contribution in [0.25, 0.3) is 0 Å². The summed E-state index contributed by atoms with van der Waals surface area (Å²) in [5.74, 6) is 0.520. The van der Waals surface area contributed by atoms with Crippen molar-refractivity contribution in [3.63, 3.8) is 0 Å². The van der Waals surface area contributed by atoms with Crippen molar-refractivity contribution in [1.29, 1.82) is 0 Å². The SMILES string of the molecule is CC(C)O.CCCCCCCCCc1cccc(O)c1CCCCCCCCC.C[CH-]C.[O]=[Ti+]. The van der Waals surface area contributed by atoms with Crippen LogP contribution in [0.2, 0.25) is 0 Å². The molecule has 0 saturated heterocycles. The third kappa shape index (κ3) is 29.5. The second kappa shape index (κ2) is 32.5. The Hall–Kier alpha value is -0.506. The predicted octanol–water partition coefficient (Wildman–Crippen LogP) is 9.47. The molecule has 0 heterocycles. The van der Waals surface area contributed by atoms with Gasteiger partial charge < -0.3 is 16.6 Å². The van der Waals surface area contributed by atoms with E-state index in [1.165, 1.54) is 101 Å². The summed E-state index contributed by atoms with van der Waals surface area (Å²) in [6.45, 7) is 12.0. The van der Waals surface area contributed by atoms with E-state index in [-0.39, 0.29) is 6.10 Å². The zero-order valence-corrected chi connectivity index (χ0v) is 25.1. The van der Waals surface area contributed by atoms with E-state index in [0.717, 1.165) is 33.2 Å². The Morgan fingerprint density at radius 2 is 1.09 bits per heavy atom. The third-order valence-corrected chi connectivity index (χ3v) is 5.33. The molecule has 0 aromatic heterocycles. The van der Waals surface area contributed by atoms with Crippen LogP contribution < -0.4 is 0 Å². The molecule has 0 fully saturated rings. The van der Waals surface area contributed by atoms with Crippen LogP contribution in [-0.2, 0) is 36.6 Å². The molecule has 199 valence electrons. The monoisotopic (exact) mass is 513 g/mol. The molecule has 1 aromatic rings. The minimum absolute atomic E-state index is 0.167. The zero-order chi connectivity index (χ0) is 26.5. The van der Waals surface area contributed by atoms with Gasteiger partial charge in [0.25, 0.3) is 0 Å². The summed E-state index contributed by atoms with van der Waals surface area (Å²) in [4.78, 5) is 0. The number of aryl methyl sites for hydroxylation is 1. The molecule has 2 N–H and O–H groups in total. The quantitative estimate of drug-likeness (QED) is 0.131. The molecule has 4 heteroatoms. The fraction of sp³-hybridized carbons (Fsp3) is 0.767. The number of phenols is 1. The molecule has 0 aliphatic rings. The standard InChI is InChI=1S/C24H42O.C3H8O.C3H7.O.Ti/c1-3-5-7-9-11-13-15-18-22-19-17-21-24(25)23(22)20-16-14-12-10-8-6-4-2;1-3(2)4;1-3-2;;/h17,19,21,25H,3-16,18,20H2,1-2H3;3-4H,1-2H3;3H,1-2H3;;/q;;-1;;+1. The van der Waals surface area contributed by atoms with E-state index in [9.17, 15) is 5.11 Å². The Bertz CT molecular complexity index is 503. The van der Waals surface area contributed by atoms with Gasteiger partial charge in [-0.1, -0.05) is 103 Å². The summed E-state index contributed by atoms with van der Waals surface area (Å²) in [6.07, 6.45) is 22.8. The van der Waals surface area contributed by atoms with Crippen molar-refractivity contribution in [2.24, 2.45) is 0 Å². The maximum atomic E-state index is 10.3. The van der Waals surface area contributed by atoms with E-state index in [2.05, 4.69) is 19.9 Å². The number of aromatic hydroxyl groups is 1. The number of phenolic OH excluding ortho intramolecular Hbond substituents is 1. The molecule has 0 spiro atoms. The molecule has 0 saturated carbocycles. The minimum atomic E-state index is -0.167. The Kier molecular flexibility index (Phi) is 36.3. The van der Waals surface area contributed by atoms with Gasteiger partial charge in [-0.3, -0.25) is 0 Å². The molecule has 34 heavy (non-hydrogen) atoms. The molecule has 0 aliphatic carbocycles. The first-order valence-corrected chi connectivity index (χ1v) is 14.5. The van der Waals surface area contributed by atoms with Crippen LogP contribution in [-0.4, -0.2) is 16.3 Å². The van der Waals surface area contributed by atoms with E-state index in [4.69, 9.17) is 8.43 Å². The van der Waals surface area contributed by atoms with Crippen LogP contribution in [0.15, 0.2) is 18.2 Å². The van der Waals surface area contributed by atoms with Crippen molar-refractivity contribution < 1.29 is 33.9 Å². The average Bonchev–Trinajstić information content (AvgIpc) is 2.80. The number of hydrogen-bond acceptors (Lipinski definition) is 3. The Morgan fingerprint density at radius 1 is 0.735 bits per heavy atom. The predicted molar refractivity (Wildman–Crippen MR) is 145 cm³/mol. The van der Waals surface area contributed by atoms with Gasteiger partial charge in [0.15, 0.2) is 0 Å². The van der Waals surface area contributed by atoms with Crippen molar-refractivity contribution in [3.05, 3.63) is 35.7 Å². The topological polar surface area (TPSA) is 57.5 Å². The number of hydrogen-bond donors (Lipinski definition) is 2. The van der Waals surface area contributed by atoms with Crippen LogP contribution in [0, 0.1) is 6.42 Å². The van der Waals surface area contributed by atoms with Crippen LogP contribution in [0.4, 0.5) is 0 Å². The summed E-state index contributed by atoms with van der Waals surface area (Å²) in [5, 5.41) is 18.3. The van der Waals surface area contributed by atoms with Gasteiger partial charge >= 0.3 is 23.7 Å². The molecule has 0 bridgehead atoms. The van der Waals surface area contributed by atoms with Crippen molar-refractivity contribution in [2.75, 3.05) is 0 Å². The Labute approximate surface area is 225 Å². The fourth-order valence-electron chi connectivity index (χ4n) is 3.68. The molecule has 0 aliphatic heterocycles. The number of rotatable bonds is 16. The van der Waals surface area contributed by atoms with Gasteiger partial charge in [-0.15, -0.1) is 0 Å². The van der Waals surface area contributed by atoms with Gasteiger partial charge in [0.1, 0.15) is 5.75 Å². The summed E-state index contributed by atoms with van der Waals surface area (Å²) in [7, 11) is 0. The third-order valence-electron chi connectivity index (χ3n) is 5.33. The number of aliphatic hydroxyl groups excluding tert-OH is 1. The van der Waals surface area contributed by atoms with Crippen molar-refractivity contribution >= 4 is 0 Å². The molecule has 0 amide bonds. The van der Waals surface area contributed by atoms with E-state index in [0.29, 0.717) is 5.75 Å². The molecule has 1 rings (SSSR count). The van der Waals surface area contributed by atoms with E-state index < -0.39 is 0 Å². The van der Waals surface area contributed by atoms with Gasteiger partial charge in [0.05, 0.1) is 0 Å². The molecule has 3 nitrogen and oxygen atoms in total. The molecule has 1 aromatic carbocycles. The Morgan fingerprint density at radius 3 is 1.50 bits per heavy atom. The van der Waals surface area contributed by atoms with Gasteiger partial charge in [-0.2, -0.15) is 13.8 Å². The average molecular weight is 514 g/mol. The number of benzene rings is 1. The Balaban J connectivity index is -0.000000922. The van der Waals surface area contributed by atoms with Crippen molar-refractivity contribution in [1.82, 2.24) is 0 Å². The van der Waals surface area contributed by atoms with Gasteiger partial charge in [-0.25, -0.2) is 0 Å². The second-order valence-corrected chi connectivity index (χ2v) is 9.33. The molecule has 0 unspecified atom stereocenters. The molecular formula is C30H57O3Ti. The molecule has 0 atom stereocenters. The van der Waals surface area contributed by atoms with Crippen LogP contribution in [0.1, 0.15) is 143 Å². The first-order chi connectivity index (χ1) is 16.4. The number of aliphatic hydroxyl groups is 1. The van der Waals surface area contributed by atoms with Crippen LogP contribution in [0.5, 0.6) is 5.75 Å². The van der Waals surface area contributed by atoms with Crippen LogP contribution in [0.3, 0.4) is 0 Å². The van der Waals surface area contributed by atoms with Gasteiger partial charge in [-0.05, 0) is 56.7 Å². The van der Waals surface area contributed by atoms with E-state index >= 15 is 0 Å². The summed E-state index contributed by atoms with van der Waals surface area (Å²) < 4.78 is 8.25. The van der Waals surface area contributed by atoms with E-state index in [1.807, 2.05) is 32.4 Å². The summed E-state index contributed by atoms with van der Waals surface area (Å²) in [5.41, 5.74) is 2.61. The fourth-order valence-corrected chi connectivity index (χ4v) is 3.68.